The Kier molecular flexibility index (Phi) is 2.16. The van der Waals surface area contributed by atoms with Gasteiger partial charge in [-0.05, 0) is 37.5 Å². The lowest BCUT2D eigenvalue weighted by Crippen LogP contribution is -2.52. The molecule has 1 heterocycles. The van der Waals surface area contributed by atoms with E-state index in [0.717, 1.165) is 19.3 Å². The van der Waals surface area contributed by atoms with Gasteiger partial charge in [0.25, 0.3) is 5.91 Å². The Balaban J connectivity index is 1.98. The molecule has 2 fully saturated rings. The molecule has 3 rings (SSSR count). The fourth-order valence-corrected chi connectivity index (χ4v) is 2.52. The number of halogens is 1. The summed E-state index contributed by atoms with van der Waals surface area (Å²) in [4.78, 5) is 25.3. The smallest absolute Gasteiger partial charge is 0.323 e. The van der Waals surface area contributed by atoms with Crippen molar-refractivity contribution in [3.05, 3.63) is 29.3 Å². The zero-order chi connectivity index (χ0) is 12.0. The Morgan fingerprint density at radius 1 is 1.29 bits per heavy atom. The van der Waals surface area contributed by atoms with Crippen molar-refractivity contribution in [2.24, 2.45) is 0 Å². The van der Waals surface area contributed by atoms with Crippen LogP contribution in [0.5, 0.6) is 0 Å². The van der Waals surface area contributed by atoms with E-state index in [-0.39, 0.29) is 11.9 Å². The van der Waals surface area contributed by atoms with E-state index in [1.165, 1.54) is 4.90 Å². The molecule has 5 heteroatoms. The van der Waals surface area contributed by atoms with Crippen molar-refractivity contribution in [3.63, 3.8) is 0 Å². The van der Waals surface area contributed by atoms with Crippen LogP contribution in [0.4, 0.5) is 10.5 Å². The summed E-state index contributed by atoms with van der Waals surface area (Å²) in [6, 6.07) is 6.42. The first kappa shape index (κ1) is 10.6. The highest BCUT2D eigenvalue weighted by atomic mass is 35.5. The molecule has 17 heavy (non-hydrogen) atoms. The molecule has 1 N–H and O–H groups in total. The molecule has 1 saturated heterocycles. The highest BCUT2D eigenvalue weighted by Crippen LogP contribution is 2.39. The second-order valence-corrected chi connectivity index (χ2v) is 4.92. The quantitative estimate of drug-likeness (QED) is 0.778. The van der Waals surface area contributed by atoms with E-state index in [4.69, 9.17) is 11.6 Å². The van der Waals surface area contributed by atoms with Crippen molar-refractivity contribution < 1.29 is 9.59 Å². The predicted molar refractivity (Wildman–Crippen MR) is 64.1 cm³/mol. The number of nitrogens with zero attached hydrogens (tertiary/aromatic N) is 1. The molecule has 0 radical (unpaired) electrons. The third kappa shape index (κ3) is 1.44. The largest absolute Gasteiger partial charge is 0.329 e. The van der Waals surface area contributed by atoms with Crippen LogP contribution in [0.3, 0.4) is 0 Å². The molecular weight excluding hydrogens is 240 g/mol. The van der Waals surface area contributed by atoms with Gasteiger partial charge in [-0.1, -0.05) is 17.7 Å². The van der Waals surface area contributed by atoms with Gasteiger partial charge in [0.2, 0.25) is 0 Å². The first-order valence-electron chi connectivity index (χ1n) is 5.55. The minimum atomic E-state index is -0.639. The van der Waals surface area contributed by atoms with Crippen LogP contribution < -0.4 is 10.2 Å². The molecule has 4 nitrogen and oxygen atoms in total. The van der Waals surface area contributed by atoms with E-state index >= 15 is 0 Å². The average Bonchev–Trinajstić information content (AvgIpc) is 2.50. The third-order valence-electron chi connectivity index (χ3n) is 3.44. The van der Waals surface area contributed by atoms with E-state index in [1.54, 1.807) is 24.3 Å². The van der Waals surface area contributed by atoms with Gasteiger partial charge in [0, 0.05) is 5.02 Å². The molecule has 1 saturated carbocycles. The number of urea groups is 1. The monoisotopic (exact) mass is 250 g/mol. The van der Waals surface area contributed by atoms with Crippen LogP contribution in [0.1, 0.15) is 19.3 Å². The van der Waals surface area contributed by atoms with Crippen molar-refractivity contribution in [1.82, 2.24) is 5.32 Å². The van der Waals surface area contributed by atoms with Gasteiger partial charge in [0.1, 0.15) is 5.54 Å². The van der Waals surface area contributed by atoms with Crippen molar-refractivity contribution in [2.45, 2.75) is 24.8 Å². The van der Waals surface area contributed by atoms with Crippen LogP contribution in [0.2, 0.25) is 5.02 Å². The molecule has 2 aliphatic rings. The predicted octanol–water partition coefficient (Wildman–Crippen LogP) is 2.32. The molecule has 0 bridgehead atoms. The number of benzene rings is 1. The lowest BCUT2D eigenvalue weighted by Gasteiger charge is -2.34. The fraction of sp³-hybridized carbons (Fsp3) is 0.333. The van der Waals surface area contributed by atoms with Gasteiger partial charge in [0.15, 0.2) is 0 Å². The average molecular weight is 251 g/mol. The fourth-order valence-electron chi connectivity index (χ4n) is 2.34. The molecule has 1 spiro atoms. The summed E-state index contributed by atoms with van der Waals surface area (Å²) in [7, 11) is 0. The van der Waals surface area contributed by atoms with Crippen molar-refractivity contribution in [3.8, 4) is 0 Å². The summed E-state index contributed by atoms with van der Waals surface area (Å²) in [5.41, 5.74) is -0.108. The molecule has 3 amide bonds. The maximum absolute atomic E-state index is 12.2. The van der Waals surface area contributed by atoms with Gasteiger partial charge in [-0.3, -0.25) is 4.79 Å². The summed E-state index contributed by atoms with van der Waals surface area (Å²) in [5, 5.41) is 3.29. The lowest BCUT2D eigenvalue weighted by molar-refractivity contribution is -0.124. The second-order valence-electron chi connectivity index (χ2n) is 4.49. The van der Waals surface area contributed by atoms with E-state index in [2.05, 4.69) is 5.32 Å². The normalized spacial score (nSPS) is 21.6. The Bertz CT molecular complexity index is 511. The molecular formula is C12H11ClN2O2. The second kappa shape index (κ2) is 3.47. The third-order valence-corrected chi connectivity index (χ3v) is 3.67. The lowest BCUT2D eigenvalue weighted by atomic mass is 9.77. The minimum Gasteiger partial charge on any atom is -0.323 e. The number of rotatable bonds is 1. The van der Waals surface area contributed by atoms with Gasteiger partial charge < -0.3 is 5.32 Å². The van der Waals surface area contributed by atoms with Crippen LogP contribution in [-0.4, -0.2) is 17.5 Å². The van der Waals surface area contributed by atoms with Crippen molar-refractivity contribution in [1.29, 1.82) is 0 Å². The summed E-state index contributed by atoms with van der Waals surface area (Å²) >= 11 is 5.87. The molecule has 1 aliphatic heterocycles. The molecule has 0 atom stereocenters. The molecule has 1 aromatic carbocycles. The number of nitrogens with one attached hydrogen (secondary N) is 1. The van der Waals surface area contributed by atoms with E-state index < -0.39 is 5.54 Å². The molecule has 1 aliphatic carbocycles. The molecule has 88 valence electrons. The van der Waals surface area contributed by atoms with E-state index in [1.807, 2.05) is 0 Å². The first-order valence-corrected chi connectivity index (χ1v) is 5.92. The first-order chi connectivity index (χ1) is 8.12. The van der Waals surface area contributed by atoms with Crippen LogP contribution in [0.25, 0.3) is 0 Å². The zero-order valence-electron chi connectivity index (χ0n) is 9.07. The van der Waals surface area contributed by atoms with Gasteiger partial charge in [-0.2, -0.15) is 0 Å². The van der Waals surface area contributed by atoms with Gasteiger partial charge in [0.05, 0.1) is 5.69 Å². The van der Waals surface area contributed by atoms with Gasteiger partial charge in [-0.15, -0.1) is 0 Å². The Labute approximate surface area is 104 Å². The number of hydrogen-bond donors (Lipinski definition) is 1. The number of carbonyl (C=O) groups excluding carboxylic acids is 2. The summed E-state index contributed by atoms with van der Waals surface area (Å²) in [6.07, 6.45) is 2.44. The molecule has 0 unspecified atom stereocenters. The number of amides is 3. The summed E-state index contributed by atoms with van der Waals surface area (Å²) in [5.74, 6) is -0.156. The number of hydrogen-bond acceptors (Lipinski definition) is 2. The topological polar surface area (TPSA) is 49.4 Å². The molecule has 1 aromatic rings. The number of carbonyl (C=O) groups is 2. The van der Waals surface area contributed by atoms with E-state index in [0.29, 0.717) is 10.7 Å². The van der Waals surface area contributed by atoms with Crippen LogP contribution in [0.15, 0.2) is 24.3 Å². The summed E-state index contributed by atoms with van der Waals surface area (Å²) < 4.78 is 0. The molecule has 0 aromatic heterocycles. The van der Waals surface area contributed by atoms with Crippen LogP contribution in [-0.2, 0) is 4.79 Å². The number of anilines is 1. The van der Waals surface area contributed by atoms with E-state index in [9.17, 15) is 9.59 Å². The zero-order valence-corrected chi connectivity index (χ0v) is 9.83. The maximum atomic E-state index is 12.2. The highest BCUT2D eigenvalue weighted by Gasteiger charge is 2.55. The van der Waals surface area contributed by atoms with Crippen molar-refractivity contribution >= 4 is 29.2 Å². The number of imide groups is 1. The summed E-state index contributed by atoms with van der Waals surface area (Å²) in [6.45, 7) is 0. The maximum Gasteiger partial charge on any atom is 0.329 e. The SMILES string of the molecule is O=C1NC2(CCC2)C(=O)N1c1cccc(Cl)c1. The van der Waals surface area contributed by atoms with Gasteiger partial charge >= 0.3 is 6.03 Å². The van der Waals surface area contributed by atoms with Crippen LogP contribution >= 0.6 is 11.6 Å². The minimum absolute atomic E-state index is 0.156. The van der Waals surface area contributed by atoms with Crippen molar-refractivity contribution in [2.75, 3.05) is 4.90 Å². The Hall–Kier alpha value is -1.55. The Morgan fingerprint density at radius 3 is 2.59 bits per heavy atom. The van der Waals surface area contributed by atoms with Crippen LogP contribution in [0, 0.1) is 0 Å². The Morgan fingerprint density at radius 2 is 2.06 bits per heavy atom. The highest BCUT2D eigenvalue weighted by molar-refractivity contribution is 6.31. The van der Waals surface area contributed by atoms with Gasteiger partial charge in [-0.25, -0.2) is 9.69 Å². The standard InChI is InChI=1S/C12H11ClN2O2/c13-8-3-1-4-9(7-8)15-10(16)12(5-2-6-12)14-11(15)17/h1,3-4,7H,2,5-6H2,(H,14,17).